The van der Waals surface area contributed by atoms with E-state index < -0.39 is 23.5 Å². The van der Waals surface area contributed by atoms with Gasteiger partial charge >= 0.3 is 0 Å². The molecule has 1 saturated heterocycles. The largest absolute Gasteiger partial charge is 0.397 e. The van der Waals surface area contributed by atoms with E-state index in [0.29, 0.717) is 25.1 Å². The van der Waals surface area contributed by atoms with Gasteiger partial charge in [0.05, 0.1) is 23.0 Å². The number of ketones is 1. The molecule has 7 nitrogen and oxygen atoms in total. The van der Waals surface area contributed by atoms with Crippen LogP contribution in [0, 0.1) is 11.6 Å². The summed E-state index contributed by atoms with van der Waals surface area (Å²) in [5.74, 6) is -1.98. The topological polar surface area (TPSA) is 118 Å². The van der Waals surface area contributed by atoms with Crippen molar-refractivity contribution in [2.75, 3.05) is 23.7 Å². The van der Waals surface area contributed by atoms with Crippen LogP contribution in [-0.2, 0) is 6.42 Å². The predicted octanol–water partition coefficient (Wildman–Crippen LogP) is 2.33. The van der Waals surface area contributed by atoms with Crippen molar-refractivity contribution in [2.24, 2.45) is 5.73 Å². The molecule has 9 heteroatoms. The number of rotatable bonds is 5. The molecular weight excluding hydrogens is 416 g/mol. The molecule has 1 fully saturated rings. The maximum atomic E-state index is 14.2. The molecule has 0 spiro atoms. The van der Waals surface area contributed by atoms with Gasteiger partial charge in [0.2, 0.25) is 0 Å². The van der Waals surface area contributed by atoms with Gasteiger partial charge in [0.15, 0.2) is 5.78 Å². The number of nitrogens with zero attached hydrogens (tertiary/aromatic N) is 3. The average Bonchev–Trinajstić information content (AvgIpc) is 2.74. The van der Waals surface area contributed by atoms with Crippen LogP contribution in [0.2, 0.25) is 0 Å². The molecule has 2 atom stereocenters. The summed E-state index contributed by atoms with van der Waals surface area (Å²) < 4.78 is 28.4. The number of Topliss-reactive ketones (excluding diaryl/α,β-unsaturated/α-hetero) is 1. The number of aliphatic hydroxyl groups is 1. The van der Waals surface area contributed by atoms with Gasteiger partial charge in [-0.15, -0.1) is 0 Å². The Hall–Kier alpha value is -3.43. The third-order valence-electron chi connectivity index (χ3n) is 5.44. The Bertz CT molecular complexity index is 1130. The van der Waals surface area contributed by atoms with Gasteiger partial charge in [-0.2, -0.15) is 0 Å². The first-order chi connectivity index (χ1) is 15.3. The summed E-state index contributed by atoms with van der Waals surface area (Å²) in [7, 11) is 0. The first-order valence-electron chi connectivity index (χ1n) is 10.2. The van der Waals surface area contributed by atoms with Crippen molar-refractivity contribution in [1.82, 2.24) is 9.97 Å². The molecule has 166 valence electrons. The molecule has 5 N–H and O–H groups in total. The Morgan fingerprint density at radius 2 is 1.91 bits per heavy atom. The van der Waals surface area contributed by atoms with Crippen LogP contribution in [-0.4, -0.2) is 46.1 Å². The maximum absolute atomic E-state index is 14.2. The molecule has 0 bridgehead atoms. The zero-order valence-corrected chi connectivity index (χ0v) is 17.2. The van der Waals surface area contributed by atoms with Gasteiger partial charge in [-0.25, -0.2) is 13.8 Å². The van der Waals surface area contributed by atoms with Crippen LogP contribution >= 0.6 is 0 Å². The van der Waals surface area contributed by atoms with E-state index >= 15 is 0 Å². The minimum Gasteiger partial charge on any atom is -0.397 e. The van der Waals surface area contributed by atoms with E-state index in [4.69, 9.17) is 11.5 Å². The maximum Gasteiger partial charge on any atom is 0.187 e. The van der Waals surface area contributed by atoms with E-state index in [1.54, 1.807) is 18.5 Å². The lowest BCUT2D eigenvalue weighted by atomic mass is 10.00. The van der Waals surface area contributed by atoms with Crippen molar-refractivity contribution in [1.29, 1.82) is 0 Å². The number of hydrogen-bond acceptors (Lipinski definition) is 7. The van der Waals surface area contributed by atoms with Crippen LogP contribution in [0.5, 0.6) is 0 Å². The normalized spacial score (nSPS) is 18.6. The number of aromatic nitrogens is 2. The minimum atomic E-state index is -0.782. The number of pyridine rings is 2. The lowest BCUT2D eigenvalue weighted by molar-refractivity contribution is 0.0989. The first kappa shape index (κ1) is 21.8. The van der Waals surface area contributed by atoms with Gasteiger partial charge < -0.3 is 21.5 Å². The number of nitrogen functional groups attached to an aromatic ring is 1. The zero-order valence-electron chi connectivity index (χ0n) is 17.2. The number of benzene rings is 1. The molecule has 1 aliphatic rings. The van der Waals surface area contributed by atoms with Gasteiger partial charge in [0, 0.05) is 49.2 Å². The summed E-state index contributed by atoms with van der Waals surface area (Å²) in [5.41, 5.74) is 13.1. The molecule has 2 aromatic heterocycles. The van der Waals surface area contributed by atoms with E-state index in [2.05, 4.69) is 9.97 Å². The monoisotopic (exact) mass is 439 g/mol. The molecular formula is C23H23F2N5O2. The number of carbonyl (C=O) groups is 1. The van der Waals surface area contributed by atoms with Crippen molar-refractivity contribution in [3.05, 3.63) is 71.7 Å². The highest BCUT2D eigenvalue weighted by molar-refractivity contribution is 6.01. The lowest BCUT2D eigenvalue weighted by Crippen LogP contribution is -2.49. The minimum absolute atomic E-state index is 0.0188. The summed E-state index contributed by atoms with van der Waals surface area (Å²) in [6, 6.07) is 7.85. The fourth-order valence-corrected chi connectivity index (χ4v) is 4.00. The van der Waals surface area contributed by atoms with Crippen molar-refractivity contribution < 1.29 is 18.7 Å². The smallest absolute Gasteiger partial charge is 0.187 e. The highest BCUT2D eigenvalue weighted by atomic mass is 19.1. The Morgan fingerprint density at radius 1 is 1.16 bits per heavy atom. The van der Waals surface area contributed by atoms with Crippen LogP contribution < -0.4 is 16.4 Å². The van der Waals surface area contributed by atoms with Gasteiger partial charge in [-0.1, -0.05) is 6.07 Å². The average molecular weight is 439 g/mol. The number of aliphatic hydroxyl groups excluding tert-OH is 1. The lowest BCUT2D eigenvalue weighted by Gasteiger charge is -2.36. The van der Waals surface area contributed by atoms with Gasteiger partial charge in [-0.3, -0.25) is 9.78 Å². The molecule has 1 aromatic carbocycles. The van der Waals surface area contributed by atoms with E-state index in [-0.39, 0.29) is 35.1 Å². The number of hydrogen-bond donors (Lipinski definition) is 3. The Kier molecular flexibility index (Phi) is 6.11. The fraction of sp³-hybridized carbons (Fsp3) is 0.261. The van der Waals surface area contributed by atoms with Gasteiger partial charge in [0.25, 0.3) is 0 Å². The number of anilines is 2. The van der Waals surface area contributed by atoms with Crippen LogP contribution in [0.25, 0.3) is 11.3 Å². The SMILES string of the molecule is Nc1ccc(-c2c(F)cccc2F)nc1C(=O)Cc1cnccc1N1C[C@@H](N)C[C@H](O)C1. The first-order valence-corrected chi connectivity index (χ1v) is 10.2. The van der Waals surface area contributed by atoms with E-state index in [0.717, 1.165) is 17.8 Å². The molecule has 0 radical (unpaired) electrons. The second-order valence-corrected chi connectivity index (χ2v) is 7.89. The Labute approximate surface area is 183 Å². The third-order valence-corrected chi connectivity index (χ3v) is 5.44. The predicted molar refractivity (Wildman–Crippen MR) is 117 cm³/mol. The molecule has 0 saturated carbocycles. The van der Waals surface area contributed by atoms with Gasteiger partial charge in [0.1, 0.15) is 17.3 Å². The van der Waals surface area contributed by atoms with Crippen molar-refractivity contribution in [3.8, 4) is 11.3 Å². The molecule has 3 heterocycles. The van der Waals surface area contributed by atoms with Crippen LogP contribution in [0.1, 0.15) is 22.5 Å². The van der Waals surface area contributed by atoms with E-state index in [1.165, 1.54) is 18.2 Å². The number of nitrogens with two attached hydrogens (primary N) is 2. The van der Waals surface area contributed by atoms with Crippen LogP contribution in [0.15, 0.2) is 48.8 Å². The summed E-state index contributed by atoms with van der Waals surface area (Å²) in [6.45, 7) is 0.923. The number of carbonyl (C=O) groups excluding carboxylic acids is 1. The molecule has 0 unspecified atom stereocenters. The number of β-amino-alcohol motifs (C(OH)–C–C–N with tert-alkyl or cyclic N) is 1. The second-order valence-electron chi connectivity index (χ2n) is 7.89. The summed E-state index contributed by atoms with van der Waals surface area (Å²) in [5, 5.41) is 10.1. The summed E-state index contributed by atoms with van der Waals surface area (Å²) in [4.78, 5) is 23.3. The van der Waals surface area contributed by atoms with Gasteiger partial charge in [-0.05, 0) is 36.8 Å². The quantitative estimate of drug-likeness (QED) is 0.522. The highest BCUT2D eigenvalue weighted by Crippen LogP contribution is 2.28. The number of piperidine rings is 1. The molecule has 32 heavy (non-hydrogen) atoms. The number of halogens is 2. The second kappa shape index (κ2) is 8.97. The zero-order chi connectivity index (χ0) is 22.8. The van der Waals surface area contributed by atoms with Crippen LogP contribution in [0.4, 0.5) is 20.2 Å². The molecule has 0 amide bonds. The van der Waals surface area contributed by atoms with E-state index in [9.17, 15) is 18.7 Å². The molecule has 3 aromatic rings. The standard InChI is InChI=1S/C23H23F2N5O2/c24-16-2-1-3-17(25)22(16)19-5-4-18(27)23(29-19)21(32)8-13-10-28-7-6-20(13)30-11-14(26)9-15(31)12-30/h1-7,10,14-15,31H,8-9,11-12,26-27H2/t14-,15-/m0/s1. The molecule has 1 aliphatic heterocycles. The van der Waals surface area contributed by atoms with Crippen molar-refractivity contribution in [2.45, 2.75) is 25.0 Å². The molecule has 0 aliphatic carbocycles. The molecule has 4 rings (SSSR count). The van der Waals surface area contributed by atoms with Crippen LogP contribution in [0.3, 0.4) is 0 Å². The fourth-order valence-electron chi connectivity index (χ4n) is 4.00. The van der Waals surface area contributed by atoms with E-state index in [1.807, 2.05) is 4.90 Å². The third kappa shape index (κ3) is 4.44. The Balaban J connectivity index is 1.65. The van der Waals surface area contributed by atoms with Crippen molar-refractivity contribution >= 4 is 17.2 Å². The summed E-state index contributed by atoms with van der Waals surface area (Å²) >= 11 is 0. The van der Waals surface area contributed by atoms with Crippen molar-refractivity contribution in [3.63, 3.8) is 0 Å². The summed E-state index contributed by atoms with van der Waals surface area (Å²) in [6.07, 6.45) is 3.03. The highest BCUT2D eigenvalue weighted by Gasteiger charge is 2.26. The Morgan fingerprint density at radius 3 is 2.62 bits per heavy atom.